The molecule has 1 heterocycles. The molecular formula is C16H14O2. The highest BCUT2D eigenvalue weighted by Gasteiger charge is 2.05. The summed E-state index contributed by atoms with van der Waals surface area (Å²) in [6.45, 7) is 0. The van der Waals surface area contributed by atoms with Crippen molar-refractivity contribution in [2.45, 2.75) is 12.8 Å². The van der Waals surface area contributed by atoms with Crippen molar-refractivity contribution in [2.75, 3.05) is 0 Å². The summed E-state index contributed by atoms with van der Waals surface area (Å²) in [5.41, 5.74) is 1.88. The van der Waals surface area contributed by atoms with Gasteiger partial charge in [0.1, 0.15) is 17.1 Å². The van der Waals surface area contributed by atoms with E-state index in [1.807, 2.05) is 42.5 Å². The van der Waals surface area contributed by atoms with E-state index in [2.05, 4.69) is 6.07 Å². The summed E-state index contributed by atoms with van der Waals surface area (Å²) in [5.74, 6) is 1.31. The number of benzene rings is 2. The van der Waals surface area contributed by atoms with Gasteiger partial charge in [-0.1, -0.05) is 36.4 Å². The Morgan fingerprint density at radius 1 is 0.889 bits per heavy atom. The van der Waals surface area contributed by atoms with E-state index >= 15 is 0 Å². The molecule has 0 bridgehead atoms. The van der Waals surface area contributed by atoms with Crippen LogP contribution in [-0.2, 0) is 12.8 Å². The number of phenolic OH excluding ortho intramolecular Hbond substituents is 1. The molecular weight excluding hydrogens is 224 g/mol. The van der Waals surface area contributed by atoms with Gasteiger partial charge in [-0.2, -0.15) is 0 Å². The van der Waals surface area contributed by atoms with Gasteiger partial charge in [-0.15, -0.1) is 0 Å². The lowest BCUT2D eigenvalue weighted by Crippen LogP contribution is -1.89. The Morgan fingerprint density at radius 2 is 1.67 bits per heavy atom. The lowest BCUT2D eigenvalue weighted by Gasteiger charge is -2.01. The SMILES string of the molecule is Oc1ccccc1CCc1cc2ccccc2o1. The number of aromatic hydroxyl groups is 1. The van der Waals surface area contributed by atoms with Gasteiger partial charge in [0.2, 0.25) is 0 Å². The zero-order chi connectivity index (χ0) is 12.4. The fourth-order valence-corrected chi connectivity index (χ4v) is 2.14. The highest BCUT2D eigenvalue weighted by atomic mass is 16.3. The third-order valence-corrected chi connectivity index (χ3v) is 3.11. The van der Waals surface area contributed by atoms with Crippen molar-refractivity contribution in [3.8, 4) is 5.75 Å². The van der Waals surface area contributed by atoms with Crippen LogP contribution in [0.25, 0.3) is 11.0 Å². The molecule has 0 aliphatic heterocycles. The van der Waals surface area contributed by atoms with E-state index in [0.29, 0.717) is 5.75 Å². The molecule has 3 rings (SSSR count). The average Bonchev–Trinajstić information content (AvgIpc) is 2.80. The van der Waals surface area contributed by atoms with Crippen LogP contribution in [0.5, 0.6) is 5.75 Å². The second-order valence-corrected chi connectivity index (χ2v) is 4.38. The Kier molecular flexibility index (Phi) is 2.77. The minimum atomic E-state index is 0.355. The fourth-order valence-electron chi connectivity index (χ4n) is 2.14. The van der Waals surface area contributed by atoms with Crippen LogP contribution in [0.1, 0.15) is 11.3 Å². The molecule has 2 nitrogen and oxygen atoms in total. The van der Waals surface area contributed by atoms with E-state index in [-0.39, 0.29) is 0 Å². The Labute approximate surface area is 105 Å². The van der Waals surface area contributed by atoms with Crippen LogP contribution < -0.4 is 0 Å². The fraction of sp³-hybridized carbons (Fsp3) is 0.125. The largest absolute Gasteiger partial charge is 0.508 e. The molecule has 3 aromatic rings. The van der Waals surface area contributed by atoms with Crippen LogP contribution in [0, 0.1) is 0 Å². The van der Waals surface area contributed by atoms with Gasteiger partial charge in [-0.3, -0.25) is 0 Å². The van der Waals surface area contributed by atoms with Crippen LogP contribution in [0.15, 0.2) is 59.0 Å². The number of phenols is 1. The van der Waals surface area contributed by atoms with E-state index in [4.69, 9.17) is 4.42 Å². The van der Waals surface area contributed by atoms with E-state index in [9.17, 15) is 5.11 Å². The Bertz CT molecular complexity index is 634. The molecule has 1 aromatic heterocycles. The first-order chi connectivity index (χ1) is 8.83. The molecule has 0 atom stereocenters. The van der Waals surface area contributed by atoms with Crippen LogP contribution >= 0.6 is 0 Å². The number of furan rings is 1. The van der Waals surface area contributed by atoms with Crippen LogP contribution in [0.4, 0.5) is 0 Å². The summed E-state index contributed by atoms with van der Waals surface area (Å²) < 4.78 is 5.75. The second-order valence-electron chi connectivity index (χ2n) is 4.38. The highest BCUT2D eigenvalue weighted by molar-refractivity contribution is 5.77. The first kappa shape index (κ1) is 10.9. The van der Waals surface area contributed by atoms with Gasteiger partial charge in [0.15, 0.2) is 0 Å². The summed E-state index contributed by atoms with van der Waals surface area (Å²) in [5, 5.41) is 10.8. The van der Waals surface area contributed by atoms with Gasteiger partial charge in [-0.05, 0) is 30.2 Å². The summed E-state index contributed by atoms with van der Waals surface area (Å²) >= 11 is 0. The van der Waals surface area contributed by atoms with Gasteiger partial charge in [0.05, 0.1) is 0 Å². The lowest BCUT2D eigenvalue weighted by molar-refractivity contribution is 0.466. The predicted octanol–water partition coefficient (Wildman–Crippen LogP) is 3.92. The van der Waals surface area contributed by atoms with Crippen molar-refractivity contribution < 1.29 is 9.52 Å². The smallest absolute Gasteiger partial charge is 0.134 e. The Balaban J connectivity index is 1.79. The zero-order valence-electron chi connectivity index (χ0n) is 9.97. The number of fused-ring (bicyclic) bond motifs is 1. The Hall–Kier alpha value is -2.22. The van der Waals surface area contributed by atoms with Crippen LogP contribution in [-0.4, -0.2) is 5.11 Å². The monoisotopic (exact) mass is 238 g/mol. The third-order valence-electron chi connectivity index (χ3n) is 3.11. The molecule has 2 heteroatoms. The minimum absolute atomic E-state index is 0.355. The van der Waals surface area contributed by atoms with E-state index < -0.39 is 0 Å². The summed E-state index contributed by atoms with van der Waals surface area (Å²) in [6.07, 6.45) is 1.58. The first-order valence-electron chi connectivity index (χ1n) is 6.07. The average molecular weight is 238 g/mol. The van der Waals surface area contributed by atoms with Gasteiger partial charge in [-0.25, -0.2) is 0 Å². The van der Waals surface area contributed by atoms with Crippen LogP contribution in [0.2, 0.25) is 0 Å². The van der Waals surface area contributed by atoms with Gasteiger partial charge < -0.3 is 9.52 Å². The van der Waals surface area contributed by atoms with E-state index in [1.54, 1.807) is 6.07 Å². The molecule has 0 spiro atoms. The minimum Gasteiger partial charge on any atom is -0.508 e. The number of rotatable bonds is 3. The normalized spacial score (nSPS) is 10.9. The maximum Gasteiger partial charge on any atom is 0.134 e. The van der Waals surface area contributed by atoms with Gasteiger partial charge in [0.25, 0.3) is 0 Å². The zero-order valence-corrected chi connectivity index (χ0v) is 9.97. The summed E-state index contributed by atoms with van der Waals surface area (Å²) in [6, 6.07) is 17.5. The van der Waals surface area contributed by atoms with Gasteiger partial charge >= 0.3 is 0 Å². The van der Waals surface area contributed by atoms with E-state index in [1.165, 1.54) is 0 Å². The van der Waals surface area contributed by atoms with Gasteiger partial charge in [0, 0.05) is 11.8 Å². The van der Waals surface area contributed by atoms with E-state index in [0.717, 1.165) is 35.1 Å². The van der Waals surface area contributed by atoms with Crippen molar-refractivity contribution in [2.24, 2.45) is 0 Å². The first-order valence-corrected chi connectivity index (χ1v) is 6.07. The van der Waals surface area contributed by atoms with Crippen molar-refractivity contribution in [3.05, 3.63) is 65.9 Å². The third kappa shape index (κ3) is 2.09. The number of hydrogen-bond acceptors (Lipinski definition) is 2. The number of para-hydroxylation sites is 2. The standard InChI is InChI=1S/C16H14O2/c17-15-7-3-1-5-12(15)9-10-14-11-13-6-2-4-8-16(13)18-14/h1-8,11,17H,9-10H2. The van der Waals surface area contributed by atoms with Crippen molar-refractivity contribution in [1.29, 1.82) is 0 Å². The lowest BCUT2D eigenvalue weighted by atomic mass is 10.1. The molecule has 90 valence electrons. The molecule has 0 radical (unpaired) electrons. The predicted molar refractivity (Wildman–Crippen MR) is 71.7 cm³/mol. The molecule has 0 amide bonds. The maximum absolute atomic E-state index is 9.70. The second kappa shape index (κ2) is 4.57. The molecule has 18 heavy (non-hydrogen) atoms. The molecule has 0 saturated heterocycles. The van der Waals surface area contributed by atoms with Crippen molar-refractivity contribution in [3.63, 3.8) is 0 Å². The highest BCUT2D eigenvalue weighted by Crippen LogP contribution is 2.22. The Morgan fingerprint density at radius 3 is 2.50 bits per heavy atom. The van der Waals surface area contributed by atoms with Crippen LogP contribution in [0.3, 0.4) is 0 Å². The number of hydrogen-bond donors (Lipinski definition) is 1. The molecule has 0 saturated carbocycles. The molecule has 0 unspecified atom stereocenters. The van der Waals surface area contributed by atoms with Crippen molar-refractivity contribution in [1.82, 2.24) is 0 Å². The molecule has 0 fully saturated rings. The summed E-state index contributed by atoms with van der Waals surface area (Å²) in [7, 11) is 0. The molecule has 0 aliphatic rings. The number of aryl methyl sites for hydroxylation is 2. The topological polar surface area (TPSA) is 33.4 Å². The molecule has 2 aromatic carbocycles. The maximum atomic E-state index is 9.70. The molecule has 1 N–H and O–H groups in total. The summed E-state index contributed by atoms with van der Waals surface area (Å²) in [4.78, 5) is 0. The van der Waals surface area contributed by atoms with Crippen molar-refractivity contribution >= 4 is 11.0 Å². The molecule has 0 aliphatic carbocycles. The quantitative estimate of drug-likeness (QED) is 0.750.